The minimum atomic E-state index is -3.57. The molecule has 0 radical (unpaired) electrons. The van der Waals surface area contributed by atoms with Crippen LogP contribution in [0.1, 0.15) is 33.6 Å². The molecule has 0 aromatic carbocycles. The zero-order valence-corrected chi connectivity index (χ0v) is 13.4. The highest BCUT2D eigenvalue weighted by molar-refractivity contribution is 7.86. The van der Waals surface area contributed by atoms with Crippen molar-refractivity contribution < 1.29 is 18.3 Å². The summed E-state index contributed by atoms with van der Waals surface area (Å²) in [4.78, 5) is 10.5. The Balaban J connectivity index is 2.72. The van der Waals surface area contributed by atoms with E-state index in [1.54, 1.807) is 0 Å². The zero-order chi connectivity index (χ0) is 15.6. The molecule has 0 spiro atoms. The second kappa shape index (κ2) is 6.24. The molecule has 0 amide bonds. The molecular formula is C13H24N2O4S. The minimum absolute atomic E-state index is 0.00991. The summed E-state index contributed by atoms with van der Waals surface area (Å²) in [6.07, 6.45) is 2.49. The lowest BCUT2D eigenvalue weighted by Gasteiger charge is -2.33. The van der Waals surface area contributed by atoms with Crippen molar-refractivity contribution in [3.63, 3.8) is 0 Å². The SMILES string of the molecule is CN(CCC(=O)O)S(=O)(=O)N1CC=C(C(C)(C)C)CC1. The number of hydrogen-bond acceptors (Lipinski definition) is 3. The molecule has 1 N–H and O–H groups in total. The Bertz CT molecular complexity index is 491. The standard InChI is InChI=1S/C13H24N2O4S/c1-13(2,3)11-5-9-15(10-6-11)20(18,19)14(4)8-7-12(16)17/h5H,6-10H2,1-4H3,(H,16,17). The molecular weight excluding hydrogens is 280 g/mol. The van der Waals surface area contributed by atoms with E-state index in [2.05, 4.69) is 20.8 Å². The average molecular weight is 304 g/mol. The molecule has 7 heteroatoms. The fourth-order valence-electron chi connectivity index (χ4n) is 2.11. The predicted octanol–water partition coefficient (Wildman–Crippen LogP) is 1.32. The number of hydrogen-bond donors (Lipinski definition) is 1. The Kier molecular flexibility index (Phi) is 5.34. The fourth-order valence-corrected chi connectivity index (χ4v) is 3.41. The van der Waals surface area contributed by atoms with Crippen molar-refractivity contribution in [1.29, 1.82) is 0 Å². The van der Waals surface area contributed by atoms with E-state index in [0.717, 1.165) is 10.7 Å². The third kappa shape index (κ3) is 4.29. The molecule has 1 aliphatic rings. The number of nitrogens with zero attached hydrogens (tertiary/aromatic N) is 2. The first-order valence-corrected chi connectivity index (χ1v) is 8.07. The molecule has 0 saturated heterocycles. The van der Waals surface area contributed by atoms with E-state index >= 15 is 0 Å². The van der Waals surface area contributed by atoms with Gasteiger partial charge in [-0.1, -0.05) is 32.4 Å². The lowest BCUT2D eigenvalue weighted by Crippen LogP contribution is -2.45. The van der Waals surface area contributed by atoms with Gasteiger partial charge in [0.25, 0.3) is 10.2 Å². The fraction of sp³-hybridized carbons (Fsp3) is 0.769. The Morgan fingerprint density at radius 1 is 1.45 bits per heavy atom. The number of carboxylic acid groups (broad SMARTS) is 1. The van der Waals surface area contributed by atoms with Crippen molar-refractivity contribution in [2.24, 2.45) is 5.41 Å². The van der Waals surface area contributed by atoms with Crippen LogP contribution in [0, 0.1) is 5.41 Å². The van der Waals surface area contributed by atoms with Crippen LogP contribution in [0.15, 0.2) is 11.6 Å². The summed E-state index contributed by atoms with van der Waals surface area (Å²) in [5.41, 5.74) is 1.32. The normalized spacial score (nSPS) is 18.1. The van der Waals surface area contributed by atoms with E-state index in [0.29, 0.717) is 13.1 Å². The van der Waals surface area contributed by atoms with E-state index in [9.17, 15) is 13.2 Å². The summed E-state index contributed by atoms with van der Waals surface area (Å²) in [6, 6.07) is 0. The Hall–Kier alpha value is -0.920. The van der Waals surface area contributed by atoms with Gasteiger partial charge >= 0.3 is 5.97 Å². The third-order valence-corrected chi connectivity index (χ3v) is 5.45. The molecule has 0 saturated carbocycles. The molecule has 0 fully saturated rings. The highest BCUT2D eigenvalue weighted by Gasteiger charge is 2.30. The Morgan fingerprint density at radius 3 is 2.45 bits per heavy atom. The molecule has 20 heavy (non-hydrogen) atoms. The maximum atomic E-state index is 12.3. The van der Waals surface area contributed by atoms with E-state index in [1.165, 1.54) is 16.9 Å². The molecule has 0 aromatic heterocycles. The first-order chi connectivity index (χ1) is 9.05. The average Bonchev–Trinajstić information content (AvgIpc) is 2.34. The van der Waals surface area contributed by atoms with Crippen LogP contribution in [0.3, 0.4) is 0 Å². The monoisotopic (exact) mass is 304 g/mol. The molecule has 0 aromatic rings. The van der Waals surface area contributed by atoms with Gasteiger partial charge in [-0.05, 0) is 11.8 Å². The topological polar surface area (TPSA) is 77.9 Å². The zero-order valence-electron chi connectivity index (χ0n) is 12.6. The highest BCUT2D eigenvalue weighted by Crippen LogP contribution is 2.30. The van der Waals surface area contributed by atoms with E-state index in [1.807, 2.05) is 6.08 Å². The minimum Gasteiger partial charge on any atom is -0.481 e. The predicted molar refractivity (Wildman–Crippen MR) is 77.5 cm³/mol. The van der Waals surface area contributed by atoms with Gasteiger partial charge in [0.2, 0.25) is 0 Å². The molecule has 6 nitrogen and oxygen atoms in total. The Morgan fingerprint density at radius 2 is 2.05 bits per heavy atom. The largest absolute Gasteiger partial charge is 0.481 e. The Labute approximate surface area is 121 Å². The van der Waals surface area contributed by atoms with Crippen LogP contribution in [0.25, 0.3) is 0 Å². The van der Waals surface area contributed by atoms with Crippen molar-refractivity contribution in [2.45, 2.75) is 33.6 Å². The first kappa shape index (κ1) is 17.1. The number of aliphatic carboxylic acids is 1. The van der Waals surface area contributed by atoms with E-state index in [-0.39, 0.29) is 18.4 Å². The second-order valence-corrected chi connectivity index (χ2v) is 8.10. The molecule has 116 valence electrons. The number of carboxylic acids is 1. The van der Waals surface area contributed by atoms with Crippen LogP contribution in [-0.2, 0) is 15.0 Å². The molecule has 1 rings (SSSR count). The molecule has 0 atom stereocenters. The summed E-state index contributed by atoms with van der Waals surface area (Å²) >= 11 is 0. The van der Waals surface area contributed by atoms with Crippen LogP contribution >= 0.6 is 0 Å². The summed E-state index contributed by atoms with van der Waals surface area (Å²) in [6.45, 7) is 7.13. The van der Waals surface area contributed by atoms with Crippen LogP contribution < -0.4 is 0 Å². The van der Waals surface area contributed by atoms with Crippen molar-refractivity contribution in [2.75, 3.05) is 26.7 Å². The molecule has 1 heterocycles. The maximum Gasteiger partial charge on any atom is 0.304 e. The molecule has 0 aliphatic carbocycles. The van der Waals surface area contributed by atoms with Crippen LogP contribution in [0.5, 0.6) is 0 Å². The second-order valence-electron chi connectivity index (χ2n) is 6.06. The quantitative estimate of drug-likeness (QED) is 0.777. The summed E-state index contributed by atoms with van der Waals surface area (Å²) in [5.74, 6) is -0.999. The van der Waals surface area contributed by atoms with Crippen molar-refractivity contribution in [3.05, 3.63) is 11.6 Å². The van der Waals surface area contributed by atoms with E-state index in [4.69, 9.17) is 5.11 Å². The number of carbonyl (C=O) groups is 1. The van der Waals surface area contributed by atoms with Gasteiger partial charge in [0, 0.05) is 26.7 Å². The van der Waals surface area contributed by atoms with E-state index < -0.39 is 16.2 Å². The highest BCUT2D eigenvalue weighted by atomic mass is 32.2. The molecule has 0 bridgehead atoms. The third-order valence-electron chi connectivity index (χ3n) is 3.50. The summed E-state index contributed by atoms with van der Waals surface area (Å²) < 4.78 is 27.1. The van der Waals surface area contributed by atoms with Gasteiger partial charge in [-0.2, -0.15) is 17.0 Å². The van der Waals surface area contributed by atoms with Gasteiger partial charge in [-0.25, -0.2) is 0 Å². The van der Waals surface area contributed by atoms with Gasteiger partial charge in [0.1, 0.15) is 0 Å². The summed E-state index contributed by atoms with van der Waals surface area (Å²) in [5, 5.41) is 8.62. The van der Waals surface area contributed by atoms with Crippen LogP contribution in [-0.4, -0.2) is 54.8 Å². The first-order valence-electron chi connectivity index (χ1n) is 6.68. The van der Waals surface area contributed by atoms with Gasteiger partial charge < -0.3 is 5.11 Å². The van der Waals surface area contributed by atoms with Gasteiger partial charge in [0.05, 0.1) is 6.42 Å². The lowest BCUT2D eigenvalue weighted by molar-refractivity contribution is -0.137. The number of rotatable bonds is 5. The lowest BCUT2D eigenvalue weighted by atomic mass is 9.83. The molecule has 0 unspecified atom stereocenters. The van der Waals surface area contributed by atoms with Crippen molar-refractivity contribution in [1.82, 2.24) is 8.61 Å². The maximum absolute atomic E-state index is 12.3. The van der Waals surface area contributed by atoms with Gasteiger partial charge in [0.15, 0.2) is 0 Å². The van der Waals surface area contributed by atoms with Gasteiger partial charge in [-0.15, -0.1) is 0 Å². The van der Waals surface area contributed by atoms with Gasteiger partial charge in [-0.3, -0.25) is 4.79 Å². The van der Waals surface area contributed by atoms with Crippen molar-refractivity contribution in [3.8, 4) is 0 Å². The van der Waals surface area contributed by atoms with Crippen LogP contribution in [0.2, 0.25) is 0 Å². The van der Waals surface area contributed by atoms with Crippen molar-refractivity contribution >= 4 is 16.2 Å². The van der Waals surface area contributed by atoms with Crippen LogP contribution in [0.4, 0.5) is 0 Å². The summed E-state index contributed by atoms with van der Waals surface area (Å²) in [7, 11) is -2.15. The molecule has 1 aliphatic heterocycles. The smallest absolute Gasteiger partial charge is 0.304 e.